The average Bonchev–Trinajstić information content (AvgIpc) is 2.32. The Morgan fingerprint density at radius 2 is 2.17 bits per heavy atom. The SMILES string of the molecule is CCOC(=O)C(C)NC(=O)c1cc(N)ccc1Cl. The largest absolute Gasteiger partial charge is 0.464 e. The van der Waals surface area contributed by atoms with E-state index in [2.05, 4.69) is 5.32 Å². The Labute approximate surface area is 110 Å². The van der Waals surface area contributed by atoms with Crippen molar-refractivity contribution in [2.75, 3.05) is 12.3 Å². The number of amides is 1. The number of nitrogens with two attached hydrogens (primary N) is 1. The first-order chi connectivity index (χ1) is 8.45. The van der Waals surface area contributed by atoms with Crippen LogP contribution in [0, 0.1) is 0 Å². The van der Waals surface area contributed by atoms with E-state index in [0.29, 0.717) is 5.69 Å². The van der Waals surface area contributed by atoms with Crippen molar-refractivity contribution in [1.82, 2.24) is 5.32 Å². The van der Waals surface area contributed by atoms with E-state index in [9.17, 15) is 9.59 Å². The minimum Gasteiger partial charge on any atom is -0.464 e. The highest BCUT2D eigenvalue weighted by molar-refractivity contribution is 6.34. The Bertz CT molecular complexity index is 463. The van der Waals surface area contributed by atoms with E-state index in [1.54, 1.807) is 13.0 Å². The summed E-state index contributed by atoms with van der Waals surface area (Å²) >= 11 is 5.88. The molecule has 3 N–H and O–H groups in total. The summed E-state index contributed by atoms with van der Waals surface area (Å²) in [6.07, 6.45) is 0. The molecule has 18 heavy (non-hydrogen) atoms. The van der Waals surface area contributed by atoms with E-state index in [-0.39, 0.29) is 17.2 Å². The quantitative estimate of drug-likeness (QED) is 0.643. The van der Waals surface area contributed by atoms with Crippen molar-refractivity contribution in [3.63, 3.8) is 0 Å². The Morgan fingerprint density at radius 1 is 1.50 bits per heavy atom. The van der Waals surface area contributed by atoms with Crippen LogP contribution in [-0.2, 0) is 9.53 Å². The van der Waals surface area contributed by atoms with Gasteiger partial charge in [-0.15, -0.1) is 0 Å². The molecule has 0 fully saturated rings. The lowest BCUT2D eigenvalue weighted by Gasteiger charge is -2.13. The Kier molecular flexibility index (Phi) is 4.97. The zero-order chi connectivity index (χ0) is 13.7. The summed E-state index contributed by atoms with van der Waals surface area (Å²) in [4.78, 5) is 23.2. The Balaban J connectivity index is 2.76. The number of esters is 1. The van der Waals surface area contributed by atoms with E-state index in [1.165, 1.54) is 19.1 Å². The van der Waals surface area contributed by atoms with E-state index in [0.717, 1.165) is 0 Å². The molecule has 1 rings (SSSR count). The van der Waals surface area contributed by atoms with Gasteiger partial charge in [-0.3, -0.25) is 4.79 Å². The molecule has 1 atom stereocenters. The zero-order valence-electron chi connectivity index (χ0n) is 10.2. The number of hydrogen-bond acceptors (Lipinski definition) is 4. The number of rotatable bonds is 4. The van der Waals surface area contributed by atoms with Crippen LogP contribution in [0.25, 0.3) is 0 Å². The number of hydrogen-bond donors (Lipinski definition) is 2. The minimum atomic E-state index is -0.741. The van der Waals surface area contributed by atoms with Crippen molar-refractivity contribution in [2.24, 2.45) is 0 Å². The number of nitrogens with one attached hydrogen (secondary N) is 1. The van der Waals surface area contributed by atoms with Crippen LogP contribution in [0.3, 0.4) is 0 Å². The second kappa shape index (κ2) is 6.26. The summed E-state index contributed by atoms with van der Waals surface area (Å²) in [5.74, 6) is -0.960. The van der Waals surface area contributed by atoms with E-state index in [1.807, 2.05) is 0 Å². The van der Waals surface area contributed by atoms with Crippen molar-refractivity contribution in [3.8, 4) is 0 Å². The lowest BCUT2D eigenvalue weighted by Crippen LogP contribution is -2.39. The summed E-state index contributed by atoms with van der Waals surface area (Å²) in [5.41, 5.74) is 6.23. The number of nitrogen functional groups attached to an aromatic ring is 1. The van der Waals surface area contributed by atoms with Gasteiger partial charge >= 0.3 is 5.97 Å². The molecule has 0 aromatic heterocycles. The highest BCUT2D eigenvalue weighted by Gasteiger charge is 2.19. The van der Waals surface area contributed by atoms with Gasteiger partial charge in [-0.05, 0) is 32.0 Å². The molecule has 0 aliphatic carbocycles. The molecule has 0 spiro atoms. The first kappa shape index (κ1) is 14.3. The van der Waals surface area contributed by atoms with Gasteiger partial charge in [0.15, 0.2) is 0 Å². The molecule has 1 amide bonds. The first-order valence-electron chi connectivity index (χ1n) is 5.48. The van der Waals surface area contributed by atoms with Crippen molar-refractivity contribution in [3.05, 3.63) is 28.8 Å². The third-order valence-corrected chi connectivity index (χ3v) is 2.55. The van der Waals surface area contributed by atoms with Gasteiger partial charge in [0.1, 0.15) is 6.04 Å². The van der Waals surface area contributed by atoms with Crippen molar-refractivity contribution in [2.45, 2.75) is 19.9 Å². The fraction of sp³-hybridized carbons (Fsp3) is 0.333. The summed E-state index contributed by atoms with van der Waals surface area (Å²) in [6, 6.07) is 3.83. The standard InChI is InChI=1S/C12H15ClN2O3/c1-3-18-12(17)7(2)15-11(16)9-6-8(14)4-5-10(9)13/h4-7H,3,14H2,1-2H3,(H,15,16). The number of carbonyl (C=O) groups is 2. The molecular weight excluding hydrogens is 256 g/mol. The maximum absolute atomic E-state index is 11.9. The molecule has 1 aromatic carbocycles. The second-order valence-electron chi connectivity index (χ2n) is 3.69. The molecule has 0 saturated heterocycles. The maximum Gasteiger partial charge on any atom is 0.328 e. The Hall–Kier alpha value is -1.75. The van der Waals surface area contributed by atoms with Crippen LogP contribution in [-0.4, -0.2) is 24.5 Å². The average molecular weight is 271 g/mol. The van der Waals surface area contributed by atoms with Crippen LogP contribution in [0.5, 0.6) is 0 Å². The molecule has 1 unspecified atom stereocenters. The van der Waals surface area contributed by atoms with Crippen LogP contribution in [0.4, 0.5) is 5.69 Å². The van der Waals surface area contributed by atoms with Crippen LogP contribution >= 0.6 is 11.6 Å². The monoisotopic (exact) mass is 270 g/mol. The smallest absolute Gasteiger partial charge is 0.328 e. The predicted octanol–water partition coefficient (Wildman–Crippen LogP) is 1.60. The van der Waals surface area contributed by atoms with E-state index >= 15 is 0 Å². The third kappa shape index (κ3) is 3.63. The van der Waals surface area contributed by atoms with Crippen molar-refractivity contribution in [1.29, 1.82) is 0 Å². The third-order valence-electron chi connectivity index (χ3n) is 2.22. The van der Waals surface area contributed by atoms with Crippen LogP contribution in [0.15, 0.2) is 18.2 Å². The fourth-order valence-corrected chi connectivity index (χ4v) is 1.52. The van der Waals surface area contributed by atoms with Gasteiger partial charge in [0, 0.05) is 5.69 Å². The molecule has 0 aliphatic heterocycles. The number of ether oxygens (including phenoxy) is 1. The van der Waals surface area contributed by atoms with Gasteiger partial charge in [0.2, 0.25) is 0 Å². The van der Waals surface area contributed by atoms with Gasteiger partial charge in [-0.1, -0.05) is 11.6 Å². The number of carbonyl (C=O) groups excluding carboxylic acids is 2. The molecule has 0 bridgehead atoms. The zero-order valence-corrected chi connectivity index (χ0v) is 11.0. The lowest BCUT2D eigenvalue weighted by molar-refractivity contribution is -0.144. The molecular formula is C12H15ClN2O3. The highest BCUT2D eigenvalue weighted by Crippen LogP contribution is 2.18. The molecule has 98 valence electrons. The van der Waals surface area contributed by atoms with Crippen LogP contribution in [0.1, 0.15) is 24.2 Å². The molecule has 5 nitrogen and oxygen atoms in total. The first-order valence-corrected chi connectivity index (χ1v) is 5.86. The van der Waals surface area contributed by atoms with E-state index in [4.69, 9.17) is 22.1 Å². The fourth-order valence-electron chi connectivity index (χ4n) is 1.32. The molecule has 6 heteroatoms. The number of benzene rings is 1. The molecule has 0 heterocycles. The maximum atomic E-state index is 11.9. The Morgan fingerprint density at radius 3 is 2.78 bits per heavy atom. The molecule has 0 saturated carbocycles. The summed E-state index contributed by atoms with van der Waals surface area (Å²) in [6.45, 7) is 3.50. The van der Waals surface area contributed by atoms with Gasteiger partial charge < -0.3 is 15.8 Å². The van der Waals surface area contributed by atoms with Crippen molar-refractivity contribution < 1.29 is 14.3 Å². The van der Waals surface area contributed by atoms with Crippen LogP contribution < -0.4 is 11.1 Å². The number of halogens is 1. The predicted molar refractivity (Wildman–Crippen MR) is 69.4 cm³/mol. The minimum absolute atomic E-state index is 0.229. The lowest BCUT2D eigenvalue weighted by atomic mass is 10.1. The topological polar surface area (TPSA) is 81.4 Å². The molecule has 1 aromatic rings. The second-order valence-corrected chi connectivity index (χ2v) is 4.09. The van der Waals surface area contributed by atoms with Gasteiger partial charge in [0.05, 0.1) is 17.2 Å². The van der Waals surface area contributed by atoms with Gasteiger partial charge in [-0.25, -0.2) is 4.79 Å². The highest BCUT2D eigenvalue weighted by atomic mass is 35.5. The van der Waals surface area contributed by atoms with Crippen molar-refractivity contribution >= 4 is 29.2 Å². The van der Waals surface area contributed by atoms with Gasteiger partial charge in [0.25, 0.3) is 5.91 Å². The van der Waals surface area contributed by atoms with Crippen LogP contribution in [0.2, 0.25) is 5.02 Å². The summed E-state index contributed by atoms with van der Waals surface area (Å²) in [5, 5.41) is 2.77. The molecule has 0 radical (unpaired) electrons. The summed E-state index contributed by atoms with van der Waals surface area (Å²) in [7, 11) is 0. The molecule has 0 aliphatic rings. The summed E-state index contributed by atoms with van der Waals surface area (Å²) < 4.78 is 4.78. The van der Waals surface area contributed by atoms with E-state index < -0.39 is 17.9 Å². The number of anilines is 1. The normalized spacial score (nSPS) is 11.7. The van der Waals surface area contributed by atoms with Gasteiger partial charge in [-0.2, -0.15) is 0 Å².